The van der Waals surface area contributed by atoms with Crippen molar-refractivity contribution in [3.05, 3.63) is 39.6 Å². The molecule has 0 spiro atoms. The van der Waals surface area contributed by atoms with Crippen molar-refractivity contribution in [2.24, 2.45) is 0 Å². The van der Waals surface area contributed by atoms with E-state index >= 15 is 0 Å². The highest BCUT2D eigenvalue weighted by atomic mass is 35.5. The molecule has 0 heterocycles. The predicted octanol–water partition coefficient (Wildman–Crippen LogP) is 4.21. The van der Waals surface area contributed by atoms with Gasteiger partial charge in [-0.1, -0.05) is 34.8 Å². The van der Waals surface area contributed by atoms with E-state index in [0.717, 1.165) is 0 Å². The fourth-order valence-electron chi connectivity index (χ4n) is 0.881. The summed E-state index contributed by atoms with van der Waals surface area (Å²) in [6.07, 6.45) is 0. The summed E-state index contributed by atoms with van der Waals surface area (Å²) in [6, 6.07) is 4.15. The van der Waals surface area contributed by atoms with E-state index in [-0.39, 0.29) is 0 Å². The first-order valence-electron chi connectivity index (χ1n) is 3.76. The number of hydrogen-bond acceptors (Lipinski definition) is 1. The Hall–Kier alpha value is -0.440. The lowest BCUT2D eigenvalue weighted by atomic mass is 10.3. The van der Waals surface area contributed by atoms with E-state index in [9.17, 15) is 4.39 Å². The number of nitrogens with one attached hydrogen (secondary N) is 1. The third-order valence-electron chi connectivity index (χ3n) is 1.44. The van der Waals surface area contributed by atoms with Gasteiger partial charge in [-0.3, -0.25) is 0 Å². The van der Waals surface area contributed by atoms with E-state index in [1.807, 2.05) is 0 Å². The second-order valence-electron chi connectivity index (χ2n) is 2.57. The van der Waals surface area contributed by atoms with Crippen LogP contribution in [0.3, 0.4) is 0 Å². The molecule has 0 aromatic heterocycles. The maximum absolute atomic E-state index is 12.8. The molecule has 1 rings (SSSR count). The van der Waals surface area contributed by atoms with Crippen LogP contribution in [-0.4, -0.2) is 6.54 Å². The lowest BCUT2D eigenvalue weighted by molar-refractivity contribution is 0.628. The highest BCUT2D eigenvalue weighted by Gasteiger charge is 1.99. The molecule has 0 amide bonds. The first-order chi connectivity index (χ1) is 6.61. The van der Waals surface area contributed by atoms with Gasteiger partial charge >= 0.3 is 0 Å². The van der Waals surface area contributed by atoms with Crippen molar-refractivity contribution < 1.29 is 4.39 Å². The molecule has 1 N–H and O–H groups in total. The SMILES string of the molecule is Fc1cc(Cl)cc(NC/C(Cl)=C/Cl)c1. The van der Waals surface area contributed by atoms with Crippen molar-refractivity contribution in [2.75, 3.05) is 11.9 Å². The Morgan fingerprint density at radius 2 is 2.14 bits per heavy atom. The lowest BCUT2D eigenvalue weighted by Crippen LogP contribution is -2.01. The minimum absolute atomic E-state index is 0.332. The molecule has 76 valence electrons. The Morgan fingerprint density at radius 1 is 1.43 bits per heavy atom. The smallest absolute Gasteiger partial charge is 0.126 e. The first-order valence-corrected chi connectivity index (χ1v) is 4.96. The number of halogens is 4. The van der Waals surface area contributed by atoms with Gasteiger partial charge < -0.3 is 5.32 Å². The fraction of sp³-hybridized carbons (Fsp3) is 0.111. The third kappa shape index (κ3) is 3.74. The summed E-state index contributed by atoms with van der Waals surface area (Å²) in [5, 5.41) is 3.64. The molecule has 0 bridgehead atoms. The second kappa shape index (κ2) is 5.44. The first kappa shape index (κ1) is 11.6. The summed E-state index contributed by atoms with van der Waals surface area (Å²) < 4.78 is 12.8. The zero-order chi connectivity index (χ0) is 10.6. The van der Waals surface area contributed by atoms with E-state index in [4.69, 9.17) is 34.8 Å². The van der Waals surface area contributed by atoms with Crippen molar-refractivity contribution in [1.82, 2.24) is 0 Å². The summed E-state index contributed by atoms with van der Waals surface area (Å²) in [7, 11) is 0. The molecule has 0 radical (unpaired) electrons. The van der Waals surface area contributed by atoms with Crippen LogP contribution in [0.15, 0.2) is 28.8 Å². The molecule has 0 unspecified atom stereocenters. The van der Waals surface area contributed by atoms with Crippen LogP contribution in [0.25, 0.3) is 0 Å². The molecule has 0 atom stereocenters. The van der Waals surface area contributed by atoms with Gasteiger partial charge in [0.05, 0.1) is 6.54 Å². The van der Waals surface area contributed by atoms with Crippen molar-refractivity contribution in [1.29, 1.82) is 0 Å². The Bertz CT molecular complexity index is 332. The zero-order valence-electron chi connectivity index (χ0n) is 7.03. The van der Waals surface area contributed by atoms with Gasteiger partial charge in [-0.15, -0.1) is 0 Å². The Balaban J connectivity index is 2.67. The quantitative estimate of drug-likeness (QED) is 0.852. The van der Waals surface area contributed by atoms with Crippen molar-refractivity contribution in [3.8, 4) is 0 Å². The minimum Gasteiger partial charge on any atom is -0.380 e. The summed E-state index contributed by atoms with van der Waals surface area (Å²) >= 11 is 16.6. The van der Waals surface area contributed by atoms with Gasteiger partial charge in [0, 0.05) is 21.3 Å². The molecule has 1 aromatic carbocycles. The molecule has 0 aliphatic carbocycles. The topological polar surface area (TPSA) is 12.0 Å². The Morgan fingerprint density at radius 3 is 2.71 bits per heavy atom. The van der Waals surface area contributed by atoms with Crippen molar-refractivity contribution >= 4 is 40.5 Å². The van der Waals surface area contributed by atoms with E-state index < -0.39 is 5.82 Å². The number of benzene rings is 1. The van der Waals surface area contributed by atoms with Crippen LogP contribution in [0.1, 0.15) is 0 Å². The fourth-order valence-corrected chi connectivity index (χ4v) is 1.25. The number of anilines is 1. The van der Waals surface area contributed by atoms with Crippen molar-refractivity contribution in [2.45, 2.75) is 0 Å². The Labute approximate surface area is 96.5 Å². The van der Waals surface area contributed by atoms with Crippen LogP contribution in [0.5, 0.6) is 0 Å². The van der Waals surface area contributed by atoms with E-state index in [1.54, 1.807) is 6.07 Å². The monoisotopic (exact) mass is 253 g/mol. The highest BCUT2D eigenvalue weighted by molar-refractivity contribution is 6.36. The van der Waals surface area contributed by atoms with Gasteiger partial charge in [-0.2, -0.15) is 0 Å². The number of hydrogen-bond donors (Lipinski definition) is 1. The summed E-state index contributed by atoms with van der Waals surface area (Å²) in [5.74, 6) is -0.397. The standard InChI is InChI=1S/C9H7Cl3FN/c10-4-7(12)5-14-9-2-6(11)1-8(13)3-9/h1-4,14H,5H2/b7-4-. The van der Waals surface area contributed by atoms with Gasteiger partial charge in [0.25, 0.3) is 0 Å². The van der Waals surface area contributed by atoms with Gasteiger partial charge in [0.2, 0.25) is 0 Å². The average molecular weight is 255 g/mol. The van der Waals surface area contributed by atoms with Crippen LogP contribution >= 0.6 is 34.8 Å². The molecule has 5 heteroatoms. The van der Waals surface area contributed by atoms with Gasteiger partial charge in [-0.25, -0.2) is 4.39 Å². The van der Waals surface area contributed by atoms with Crippen LogP contribution in [0, 0.1) is 5.82 Å². The highest BCUT2D eigenvalue weighted by Crippen LogP contribution is 2.18. The molecule has 0 saturated heterocycles. The largest absolute Gasteiger partial charge is 0.380 e. The predicted molar refractivity (Wildman–Crippen MR) is 59.7 cm³/mol. The maximum atomic E-state index is 12.8. The molecule has 1 aromatic rings. The zero-order valence-corrected chi connectivity index (χ0v) is 9.30. The summed E-state index contributed by atoms with van der Waals surface area (Å²) in [4.78, 5) is 0. The van der Waals surface area contributed by atoms with Gasteiger partial charge in [-0.05, 0) is 18.2 Å². The van der Waals surface area contributed by atoms with Gasteiger partial charge in [0.1, 0.15) is 5.82 Å². The summed E-state index contributed by atoms with van der Waals surface area (Å²) in [5.41, 5.74) is 1.81. The molecule has 14 heavy (non-hydrogen) atoms. The third-order valence-corrected chi connectivity index (χ3v) is 2.28. The minimum atomic E-state index is -0.397. The molecule has 0 fully saturated rings. The molecular formula is C9H7Cl3FN. The average Bonchev–Trinajstić information content (AvgIpc) is 2.12. The number of rotatable bonds is 3. The summed E-state index contributed by atoms with van der Waals surface area (Å²) in [6.45, 7) is 0.338. The van der Waals surface area contributed by atoms with Crippen molar-refractivity contribution in [3.63, 3.8) is 0 Å². The molecule has 0 aliphatic heterocycles. The molecule has 0 aliphatic rings. The lowest BCUT2D eigenvalue weighted by Gasteiger charge is -2.05. The normalized spacial score (nSPS) is 11.6. The Kier molecular flexibility index (Phi) is 4.52. The van der Waals surface area contributed by atoms with Crippen LogP contribution in [0.2, 0.25) is 5.02 Å². The van der Waals surface area contributed by atoms with Gasteiger partial charge in [0.15, 0.2) is 0 Å². The maximum Gasteiger partial charge on any atom is 0.126 e. The van der Waals surface area contributed by atoms with E-state index in [0.29, 0.717) is 22.3 Å². The molecule has 0 saturated carbocycles. The molecular weight excluding hydrogens is 247 g/mol. The van der Waals surface area contributed by atoms with Crippen LogP contribution < -0.4 is 5.32 Å². The van der Waals surface area contributed by atoms with E-state index in [1.165, 1.54) is 17.7 Å². The van der Waals surface area contributed by atoms with E-state index in [2.05, 4.69) is 5.32 Å². The second-order valence-corrected chi connectivity index (χ2v) is 3.71. The molecule has 1 nitrogen and oxygen atoms in total. The van der Waals surface area contributed by atoms with Crippen LogP contribution in [0.4, 0.5) is 10.1 Å². The van der Waals surface area contributed by atoms with Crippen LogP contribution in [-0.2, 0) is 0 Å².